The normalized spacial score (nSPS) is 12.9. The van der Waals surface area contributed by atoms with Gasteiger partial charge >= 0.3 is 0 Å². The predicted octanol–water partition coefficient (Wildman–Crippen LogP) is 3.34. The van der Waals surface area contributed by atoms with Crippen molar-refractivity contribution in [3.8, 4) is 5.75 Å². The van der Waals surface area contributed by atoms with E-state index in [9.17, 15) is 4.79 Å². The molecule has 1 amide bonds. The Hall–Kier alpha value is -3.15. The van der Waals surface area contributed by atoms with E-state index in [1.165, 1.54) is 0 Å². The van der Waals surface area contributed by atoms with Crippen molar-refractivity contribution < 1.29 is 9.53 Å². The molecule has 0 unspecified atom stereocenters. The maximum Gasteiger partial charge on any atom is 0.254 e. The molecule has 2 aromatic heterocycles. The monoisotopic (exact) mass is 376 g/mol. The molecule has 0 saturated carbocycles. The molecule has 1 aliphatic rings. The Bertz CT molecular complexity index is 910. The summed E-state index contributed by atoms with van der Waals surface area (Å²) in [6, 6.07) is 9.70. The van der Waals surface area contributed by atoms with Crippen LogP contribution >= 0.6 is 0 Å². The van der Waals surface area contributed by atoms with Crippen molar-refractivity contribution in [2.24, 2.45) is 0 Å². The first-order valence-electron chi connectivity index (χ1n) is 9.69. The molecule has 0 bridgehead atoms. The van der Waals surface area contributed by atoms with Crippen LogP contribution in [0.2, 0.25) is 0 Å². The summed E-state index contributed by atoms with van der Waals surface area (Å²) in [5.41, 5.74) is 2.87. The Kier molecular flexibility index (Phi) is 5.66. The SMILES string of the molecule is O=C(c1ccc2c(c1)CCCO2)N(CCCn1ccnc1)Cc1cccnc1. The number of nitrogens with zero attached hydrogens (tertiary/aromatic N) is 4. The number of benzene rings is 1. The van der Waals surface area contributed by atoms with Gasteiger partial charge in [-0.1, -0.05) is 6.07 Å². The summed E-state index contributed by atoms with van der Waals surface area (Å²) in [7, 11) is 0. The van der Waals surface area contributed by atoms with Gasteiger partial charge in [0.15, 0.2) is 0 Å². The van der Waals surface area contributed by atoms with E-state index in [-0.39, 0.29) is 5.91 Å². The average molecular weight is 376 g/mol. The quantitative estimate of drug-likeness (QED) is 0.635. The van der Waals surface area contributed by atoms with Crippen LogP contribution < -0.4 is 4.74 Å². The molecular formula is C22H24N4O2. The molecule has 6 heteroatoms. The van der Waals surface area contributed by atoms with E-state index < -0.39 is 0 Å². The molecule has 0 saturated heterocycles. The molecule has 1 aliphatic heterocycles. The van der Waals surface area contributed by atoms with E-state index in [1.807, 2.05) is 52.2 Å². The van der Waals surface area contributed by atoms with Gasteiger partial charge in [0.1, 0.15) is 5.75 Å². The Balaban J connectivity index is 1.50. The minimum absolute atomic E-state index is 0.0443. The molecular weight excluding hydrogens is 352 g/mol. The minimum atomic E-state index is 0.0443. The summed E-state index contributed by atoms with van der Waals surface area (Å²) >= 11 is 0. The number of aryl methyl sites for hydroxylation is 2. The first kappa shape index (κ1) is 18.2. The summed E-state index contributed by atoms with van der Waals surface area (Å²) in [4.78, 5) is 23.4. The fourth-order valence-corrected chi connectivity index (χ4v) is 3.50. The Morgan fingerprint density at radius 2 is 2.18 bits per heavy atom. The molecule has 0 spiro atoms. The third-order valence-corrected chi connectivity index (χ3v) is 4.94. The highest BCUT2D eigenvalue weighted by molar-refractivity contribution is 5.94. The van der Waals surface area contributed by atoms with Crippen LogP contribution in [0, 0.1) is 0 Å². The fraction of sp³-hybridized carbons (Fsp3) is 0.318. The fourth-order valence-electron chi connectivity index (χ4n) is 3.50. The summed E-state index contributed by atoms with van der Waals surface area (Å²) in [5.74, 6) is 0.949. The van der Waals surface area contributed by atoms with Crippen LogP contribution in [0.1, 0.15) is 34.3 Å². The zero-order chi connectivity index (χ0) is 19.2. The van der Waals surface area contributed by atoms with Gasteiger partial charge in [0.2, 0.25) is 0 Å². The molecule has 0 aliphatic carbocycles. The van der Waals surface area contributed by atoms with Gasteiger partial charge in [-0.15, -0.1) is 0 Å². The third-order valence-electron chi connectivity index (χ3n) is 4.94. The van der Waals surface area contributed by atoms with Gasteiger partial charge in [-0.05, 0) is 54.7 Å². The molecule has 0 N–H and O–H groups in total. The van der Waals surface area contributed by atoms with Gasteiger partial charge in [0, 0.05) is 50.0 Å². The van der Waals surface area contributed by atoms with Crippen molar-refractivity contribution in [3.05, 3.63) is 78.1 Å². The second-order valence-electron chi connectivity index (χ2n) is 7.02. The average Bonchev–Trinajstić information content (AvgIpc) is 3.26. The number of aromatic nitrogens is 3. The Morgan fingerprint density at radius 3 is 3.00 bits per heavy atom. The second-order valence-corrected chi connectivity index (χ2v) is 7.02. The Morgan fingerprint density at radius 1 is 1.21 bits per heavy atom. The van der Waals surface area contributed by atoms with Crippen molar-refractivity contribution in [2.45, 2.75) is 32.4 Å². The van der Waals surface area contributed by atoms with Crippen molar-refractivity contribution in [2.75, 3.05) is 13.2 Å². The predicted molar refractivity (Wildman–Crippen MR) is 106 cm³/mol. The second kappa shape index (κ2) is 8.69. The maximum absolute atomic E-state index is 13.3. The number of amides is 1. The lowest BCUT2D eigenvalue weighted by Gasteiger charge is -2.24. The van der Waals surface area contributed by atoms with Crippen molar-refractivity contribution in [3.63, 3.8) is 0 Å². The van der Waals surface area contributed by atoms with E-state index in [4.69, 9.17) is 4.74 Å². The standard InChI is InChI=1S/C22H24N4O2/c27-22(20-6-7-21-19(14-20)5-2-13-28-21)26(16-18-4-1-8-23-15-18)11-3-10-25-12-9-24-17-25/h1,4,6-9,12,14-15,17H,2-3,5,10-11,13,16H2. The van der Waals surface area contributed by atoms with E-state index in [1.54, 1.807) is 18.7 Å². The van der Waals surface area contributed by atoms with E-state index in [0.29, 0.717) is 13.1 Å². The highest BCUT2D eigenvalue weighted by atomic mass is 16.5. The molecule has 6 nitrogen and oxygen atoms in total. The highest BCUT2D eigenvalue weighted by Crippen LogP contribution is 2.26. The van der Waals surface area contributed by atoms with Crippen LogP contribution in [0.15, 0.2) is 61.4 Å². The molecule has 0 fully saturated rings. The smallest absolute Gasteiger partial charge is 0.254 e. The zero-order valence-electron chi connectivity index (χ0n) is 15.8. The van der Waals surface area contributed by atoms with Crippen LogP contribution in [0.4, 0.5) is 0 Å². The number of rotatable bonds is 7. The summed E-state index contributed by atoms with van der Waals surface area (Å²) in [5, 5.41) is 0. The minimum Gasteiger partial charge on any atom is -0.493 e. The number of hydrogen-bond donors (Lipinski definition) is 0. The van der Waals surface area contributed by atoms with Gasteiger partial charge in [-0.25, -0.2) is 4.98 Å². The topological polar surface area (TPSA) is 60.2 Å². The van der Waals surface area contributed by atoms with Crippen LogP contribution in [-0.2, 0) is 19.5 Å². The Labute approximate surface area is 164 Å². The van der Waals surface area contributed by atoms with Crippen LogP contribution in [0.5, 0.6) is 5.75 Å². The lowest BCUT2D eigenvalue weighted by atomic mass is 10.0. The number of carbonyl (C=O) groups is 1. The van der Waals surface area contributed by atoms with Crippen LogP contribution in [0.3, 0.4) is 0 Å². The third kappa shape index (κ3) is 4.39. The number of fused-ring (bicyclic) bond motifs is 1. The molecule has 0 radical (unpaired) electrons. The molecule has 3 aromatic rings. The van der Waals surface area contributed by atoms with Gasteiger partial charge in [-0.2, -0.15) is 0 Å². The van der Waals surface area contributed by atoms with Crippen molar-refractivity contribution in [1.82, 2.24) is 19.4 Å². The molecule has 28 heavy (non-hydrogen) atoms. The van der Waals surface area contributed by atoms with E-state index in [2.05, 4.69) is 9.97 Å². The first-order chi connectivity index (χ1) is 13.8. The summed E-state index contributed by atoms with van der Waals surface area (Å²) in [6.45, 7) is 2.79. The van der Waals surface area contributed by atoms with Crippen LogP contribution in [0.25, 0.3) is 0 Å². The lowest BCUT2D eigenvalue weighted by molar-refractivity contribution is 0.0738. The molecule has 4 rings (SSSR count). The summed E-state index contributed by atoms with van der Waals surface area (Å²) in [6.07, 6.45) is 11.9. The number of ether oxygens (including phenoxy) is 1. The van der Waals surface area contributed by atoms with Crippen molar-refractivity contribution in [1.29, 1.82) is 0 Å². The lowest BCUT2D eigenvalue weighted by Crippen LogP contribution is -2.32. The molecule has 3 heterocycles. The number of pyridine rings is 1. The van der Waals surface area contributed by atoms with Gasteiger partial charge in [0.25, 0.3) is 5.91 Å². The first-order valence-corrected chi connectivity index (χ1v) is 9.69. The van der Waals surface area contributed by atoms with Crippen LogP contribution in [-0.4, -0.2) is 38.5 Å². The largest absolute Gasteiger partial charge is 0.493 e. The number of carbonyl (C=O) groups excluding carboxylic acids is 1. The van der Waals surface area contributed by atoms with E-state index >= 15 is 0 Å². The van der Waals surface area contributed by atoms with Gasteiger partial charge < -0.3 is 14.2 Å². The molecule has 1 aromatic carbocycles. The maximum atomic E-state index is 13.3. The van der Waals surface area contributed by atoms with Crippen molar-refractivity contribution >= 4 is 5.91 Å². The van der Waals surface area contributed by atoms with Gasteiger partial charge in [-0.3, -0.25) is 9.78 Å². The number of hydrogen-bond acceptors (Lipinski definition) is 4. The number of imidazole rings is 1. The summed E-state index contributed by atoms with van der Waals surface area (Å²) < 4.78 is 7.71. The molecule has 144 valence electrons. The van der Waals surface area contributed by atoms with Gasteiger partial charge in [0.05, 0.1) is 12.9 Å². The van der Waals surface area contributed by atoms with E-state index in [0.717, 1.165) is 54.9 Å². The molecule has 0 atom stereocenters. The zero-order valence-corrected chi connectivity index (χ0v) is 15.8. The highest BCUT2D eigenvalue weighted by Gasteiger charge is 2.19.